The normalized spacial score (nSPS) is 19.5. The van der Waals surface area contributed by atoms with Gasteiger partial charge in [-0.25, -0.2) is 0 Å². The van der Waals surface area contributed by atoms with E-state index >= 15 is 0 Å². The molecule has 1 aromatic rings. The average molecular weight is 279 g/mol. The van der Waals surface area contributed by atoms with E-state index < -0.39 is 0 Å². The zero-order valence-corrected chi connectivity index (χ0v) is 12.1. The molecule has 1 atom stereocenters. The second-order valence-corrected chi connectivity index (χ2v) is 6.06. The highest BCUT2D eigenvalue weighted by molar-refractivity contribution is 5.95. The number of carbonyl (C=O) groups excluding carboxylic acids is 2. The zero-order chi connectivity index (χ0) is 14.9. The van der Waals surface area contributed by atoms with Gasteiger partial charge in [-0.3, -0.25) is 9.59 Å². The molecule has 1 unspecified atom stereocenters. The first-order chi connectivity index (χ1) is 9.31. The highest BCUT2D eigenvalue weighted by atomic mass is 16.3. The number of carbonyl (C=O) groups is 2. The van der Waals surface area contributed by atoms with Crippen LogP contribution >= 0.6 is 0 Å². The maximum absolute atomic E-state index is 12.1. The summed E-state index contributed by atoms with van der Waals surface area (Å²) < 4.78 is 5.13. The molecule has 0 aromatic carbocycles. The van der Waals surface area contributed by atoms with E-state index in [9.17, 15) is 9.59 Å². The van der Waals surface area contributed by atoms with E-state index in [0.29, 0.717) is 24.3 Å². The van der Waals surface area contributed by atoms with Crippen LogP contribution in [0.4, 0.5) is 0 Å². The van der Waals surface area contributed by atoms with Gasteiger partial charge in [0.05, 0.1) is 18.2 Å². The molecule has 1 aliphatic rings. The van der Waals surface area contributed by atoms with Crippen molar-refractivity contribution in [2.24, 2.45) is 5.73 Å². The van der Waals surface area contributed by atoms with Crippen LogP contribution in [0, 0.1) is 0 Å². The number of hydrogen-bond donors (Lipinski definition) is 2. The van der Waals surface area contributed by atoms with Gasteiger partial charge in [-0.1, -0.05) is 0 Å². The Morgan fingerprint density at radius 1 is 1.55 bits per heavy atom. The third-order valence-corrected chi connectivity index (χ3v) is 3.39. The standard InChI is InChI=1S/C14H21N3O3/c1-14(2,3)17-7-10(5-12(17)18)16-13(19)9-4-11(6-15)20-8-9/h4,8,10H,5-7,15H2,1-3H3,(H,16,19). The molecule has 1 aliphatic heterocycles. The lowest BCUT2D eigenvalue weighted by Crippen LogP contribution is -2.44. The minimum absolute atomic E-state index is 0.0673. The van der Waals surface area contributed by atoms with Crippen LogP contribution < -0.4 is 11.1 Å². The van der Waals surface area contributed by atoms with Gasteiger partial charge in [-0.05, 0) is 26.8 Å². The molecule has 3 N–H and O–H groups in total. The SMILES string of the molecule is CC(C)(C)N1CC(NC(=O)c2coc(CN)c2)CC1=O. The van der Waals surface area contributed by atoms with E-state index in [1.54, 1.807) is 11.0 Å². The summed E-state index contributed by atoms with van der Waals surface area (Å²) >= 11 is 0. The number of likely N-dealkylation sites (tertiary alicyclic amines) is 1. The van der Waals surface area contributed by atoms with E-state index in [1.165, 1.54) is 6.26 Å². The lowest BCUT2D eigenvalue weighted by molar-refractivity contribution is -0.131. The smallest absolute Gasteiger partial charge is 0.254 e. The Kier molecular flexibility index (Phi) is 3.85. The summed E-state index contributed by atoms with van der Waals surface area (Å²) in [5, 5.41) is 2.86. The van der Waals surface area contributed by atoms with Crippen molar-refractivity contribution in [2.75, 3.05) is 6.54 Å². The first kappa shape index (κ1) is 14.6. The number of amides is 2. The lowest BCUT2D eigenvalue weighted by atomic mass is 10.1. The molecular weight excluding hydrogens is 258 g/mol. The Morgan fingerprint density at radius 3 is 2.75 bits per heavy atom. The van der Waals surface area contributed by atoms with Crippen LogP contribution in [0.1, 0.15) is 43.3 Å². The van der Waals surface area contributed by atoms with Crippen LogP contribution in [-0.4, -0.2) is 34.8 Å². The van der Waals surface area contributed by atoms with Crippen molar-refractivity contribution >= 4 is 11.8 Å². The van der Waals surface area contributed by atoms with E-state index in [-0.39, 0.29) is 29.9 Å². The molecule has 2 amide bonds. The first-order valence-electron chi connectivity index (χ1n) is 6.70. The number of rotatable bonds is 3. The maximum atomic E-state index is 12.1. The summed E-state index contributed by atoms with van der Waals surface area (Å²) in [6, 6.07) is 1.46. The van der Waals surface area contributed by atoms with Gasteiger partial charge in [-0.15, -0.1) is 0 Å². The maximum Gasteiger partial charge on any atom is 0.254 e. The number of nitrogens with two attached hydrogens (primary N) is 1. The molecule has 0 bridgehead atoms. The number of nitrogens with zero attached hydrogens (tertiary/aromatic N) is 1. The molecule has 0 radical (unpaired) electrons. The minimum Gasteiger partial charge on any atom is -0.467 e. The third kappa shape index (κ3) is 3.01. The zero-order valence-electron chi connectivity index (χ0n) is 12.1. The number of furan rings is 1. The van der Waals surface area contributed by atoms with E-state index in [4.69, 9.17) is 10.2 Å². The van der Waals surface area contributed by atoms with Gasteiger partial charge in [0.1, 0.15) is 12.0 Å². The summed E-state index contributed by atoms with van der Waals surface area (Å²) in [4.78, 5) is 25.8. The van der Waals surface area contributed by atoms with E-state index in [2.05, 4.69) is 5.32 Å². The molecule has 20 heavy (non-hydrogen) atoms. The molecule has 2 heterocycles. The van der Waals surface area contributed by atoms with Crippen molar-refractivity contribution in [1.29, 1.82) is 0 Å². The quantitative estimate of drug-likeness (QED) is 0.859. The Labute approximate surface area is 118 Å². The molecule has 6 heteroatoms. The summed E-state index contributed by atoms with van der Waals surface area (Å²) in [6.45, 7) is 6.75. The fraction of sp³-hybridized carbons (Fsp3) is 0.571. The van der Waals surface area contributed by atoms with Crippen molar-refractivity contribution in [1.82, 2.24) is 10.2 Å². The molecule has 1 fully saturated rings. The Morgan fingerprint density at radius 2 is 2.25 bits per heavy atom. The minimum atomic E-state index is -0.234. The Hall–Kier alpha value is -1.82. The van der Waals surface area contributed by atoms with Gasteiger partial charge in [0.15, 0.2) is 0 Å². The monoisotopic (exact) mass is 279 g/mol. The van der Waals surface area contributed by atoms with Crippen LogP contribution in [0.2, 0.25) is 0 Å². The van der Waals surface area contributed by atoms with Gasteiger partial charge in [0.25, 0.3) is 5.91 Å². The largest absolute Gasteiger partial charge is 0.467 e. The highest BCUT2D eigenvalue weighted by Gasteiger charge is 2.36. The summed E-state index contributed by atoms with van der Waals surface area (Å²) in [5.41, 5.74) is 5.65. The van der Waals surface area contributed by atoms with Crippen molar-refractivity contribution in [3.05, 3.63) is 23.7 Å². The van der Waals surface area contributed by atoms with Gasteiger partial charge < -0.3 is 20.4 Å². The van der Waals surface area contributed by atoms with Crippen molar-refractivity contribution in [2.45, 2.75) is 45.3 Å². The van der Waals surface area contributed by atoms with Crippen LogP contribution in [0.25, 0.3) is 0 Å². The molecule has 0 aliphatic carbocycles. The molecule has 0 spiro atoms. The highest BCUT2D eigenvalue weighted by Crippen LogP contribution is 2.22. The lowest BCUT2D eigenvalue weighted by Gasteiger charge is -2.32. The van der Waals surface area contributed by atoms with Crippen molar-refractivity contribution in [3.63, 3.8) is 0 Å². The second-order valence-electron chi connectivity index (χ2n) is 6.06. The predicted octanol–water partition coefficient (Wildman–Crippen LogP) is 0.867. The number of hydrogen-bond acceptors (Lipinski definition) is 4. The molecule has 6 nitrogen and oxygen atoms in total. The summed E-state index contributed by atoms with van der Waals surface area (Å²) in [6.07, 6.45) is 1.72. The van der Waals surface area contributed by atoms with Gasteiger partial charge in [0.2, 0.25) is 5.91 Å². The van der Waals surface area contributed by atoms with Crippen LogP contribution in [0.15, 0.2) is 16.7 Å². The summed E-state index contributed by atoms with van der Waals surface area (Å²) in [7, 11) is 0. The van der Waals surface area contributed by atoms with Gasteiger partial charge in [0, 0.05) is 18.5 Å². The first-order valence-corrected chi connectivity index (χ1v) is 6.70. The second kappa shape index (κ2) is 5.28. The van der Waals surface area contributed by atoms with E-state index in [0.717, 1.165) is 0 Å². The van der Waals surface area contributed by atoms with Gasteiger partial charge in [-0.2, -0.15) is 0 Å². The molecule has 0 saturated carbocycles. The fourth-order valence-corrected chi connectivity index (χ4v) is 2.33. The van der Waals surface area contributed by atoms with Crippen LogP contribution in [0.3, 0.4) is 0 Å². The summed E-state index contributed by atoms with van der Waals surface area (Å²) in [5.74, 6) is 0.397. The van der Waals surface area contributed by atoms with E-state index in [1.807, 2.05) is 20.8 Å². The fourth-order valence-electron chi connectivity index (χ4n) is 2.33. The topological polar surface area (TPSA) is 88.6 Å². The van der Waals surface area contributed by atoms with Gasteiger partial charge >= 0.3 is 0 Å². The predicted molar refractivity (Wildman–Crippen MR) is 73.9 cm³/mol. The third-order valence-electron chi connectivity index (χ3n) is 3.39. The Bertz CT molecular complexity index is 516. The average Bonchev–Trinajstić information content (AvgIpc) is 2.94. The van der Waals surface area contributed by atoms with Crippen LogP contribution in [-0.2, 0) is 11.3 Å². The Balaban J connectivity index is 1.98. The molecule has 1 aromatic heterocycles. The molecular formula is C14H21N3O3. The molecule has 110 valence electrons. The number of nitrogens with one attached hydrogen (secondary N) is 1. The van der Waals surface area contributed by atoms with Crippen molar-refractivity contribution in [3.8, 4) is 0 Å². The van der Waals surface area contributed by atoms with Crippen LogP contribution in [0.5, 0.6) is 0 Å². The van der Waals surface area contributed by atoms with Crippen molar-refractivity contribution < 1.29 is 14.0 Å². The molecule has 1 saturated heterocycles. The molecule has 2 rings (SSSR count).